The largest absolute Gasteiger partial charge is 0.390 e. The lowest BCUT2D eigenvalue weighted by atomic mass is 10.1. The molecule has 0 heterocycles. The Kier molecular flexibility index (Phi) is 4.33. The van der Waals surface area contributed by atoms with Gasteiger partial charge in [-0.1, -0.05) is 0 Å². The van der Waals surface area contributed by atoms with E-state index >= 15 is 0 Å². The summed E-state index contributed by atoms with van der Waals surface area (Å²) in [6.45, 7) is 6.04. The first-order valence-electron chi connectivity index (χ1n) is 5.21. The van der Waals surface area contributed by atoms with E-state index in [1.165, 1.54) is 6.07 Å². The van der Waals surface area contributed by atoms with Crippen LogP contribution in [-0.4, -0.2) is 17.3 Å². The summed E-state index contributed by atoms with van der Waals surface area (Å²) in [5.41, 5.74) is 1.06. The normalized spacial score (nSPS) is 11.6. The van der Waals surface area contributed by atoms with Crippen molar-refractivity contribution in [1.29, 1.82) is 0 Å². The summed E-state index contributed by atoms with van der Waals surface area (Å²) < 4.78 is 13.6. The van der Waals surface area contributed by atoms with Crippen molar-refractivity contribution in [3.63, 3.8) is 0 Å². The minimum Gasteiger partial charge on any atom is -0.390 e. The zero-order valence-electron chi connectivity index (χ0n) is 9.77. The molecule has 0 aromatic heterocycles. The molecule has 0 aliphatic carbocycles. The molecule has 0 atom stereocenters. The molecule has 1 aromatic carbocycles. The van der Waals surface area contributed by atoms with Gasteiger partial charge in [0.2, 0.25) is 0 Å². The molecule has 0 unspecified atom stereocenters. The van der Waals surface area contributed by atoms with Crippen LogP contribution in [0.15, 0.2) is 16.6 Å². The van der Waals surface area contributed by atoms with Gasteiger partial charge in [0.1, 0.15) is 5.82 Å². The first-order chi connectivity index (χ1) is 7.29. The second-order valence-electron chi connectivity index (χ2n) is 4.57. The molecule has 1 aromatic rings. The van der Waals surface area contributed by atoms with Crippen LogP contribution in [0.3, 0.4) is 0 Å². The fourth-order valence-corrected chi connectivity index (χ4v) is 1.68. The third kappa shape index (κ3) is 4.10. The van der Waals surface area contributed by atoms with Crippen molar-refractivity contribution in [3.8, 4) is 0 Å². The van der Waals surface area contributed by atoms with Crippen molar-refractivity contribution >= 4 is 21.6 Å². The molecule has 4 heteroatoms. The van der Waals surface area contributed by atoms with Crippen LogP contribution < -0.4 is 5.32 Å². The van der Waals surface area contributed by atoms with Crippen LogP contribution in [0.4, 0.5) is 10.1 Å². The van der Waals surface area contributed by atoms with Gasteiger partial charge < -0.3 is 10.4 Å². The van der Waals surface area contributed by atoms with Gasteiger partial charge in [0.05, 0.1) is 10.1 Å². The number of hydrogen-bond donors (Lipinski definition) is 2. The van der Waals surface area contributed by atoms with E-state index in [9.17, 15) is 9.50 Å². The fraction of sp³-hybridized carbons (Fsp3) is 0.500. The van der Waals surface area contributed by atoms with E-state index in [4.69, 9.17) is 0 Å². The molecule has 90 valence electrons. The Morgan fingerprint density at radius 1 is 1.44 bits per heavy atom. The molecule has 1 rings (SSSR count). The van der Waals surface area contributed by atoms with Crippen LogP contribution in [0.25, 0.3) is 0 Å². The summed E-state index contributed by atoms with van der Waals surface area (Å²) in [4.78, 5) is 0. The molecular formula is C12H17BrFNO. The lowest BCUT2D eigenvalue weighted by Crippen LogP contribution is -2.22. The monoisotopic (exact) mass is 289 g/mol. The highest BCUT2D eigenvalue weighted by Crippen LogP contribution is 2.24. The maximum atomic E-state index is 13.2. The van der Waals surface area contributed by atoms with Gasteiger partial charge in [-0.15, -0.1) is 0 Å². The second-order valence-corrected chi connectivity index (χ2v) is 5.42. The lowest BCUT2D eigenvalue weighted by Gasteiger charge is -2.18. The number of rotatable bonds is 4. The molecule has 0 aliphatic rings. The SMILES string of the molecule is Cc1cc(F)c(Br)cc1NCCC(C)(C)O. The average molecular weight is 290 g/mol. The van der Waals surface area contributed by atoms with Crippen LogP contribution in [0.2, 0.25) is 0 Å². The molecule has 0 fully saturated rings. The second kappa shape index (κ2) is 5.15. The first-order valence-corrected chi connectivity index (χ1v) is 6.01. The van der Waals surface area contributed by atoms with Gasteiger partial charge in [0.25, 0.3) is 0 Å². The highest BCUT2D eigenvalue weighted by atomic mass is 79.9. The smallest absolute Gasteiger partial charge is 0.137 e. The van der Waals surface area contributed by atoms with Gasteiger partial charge >= 0.3 is 0 Å². The van der Waals surface area contributed by atoms with E-state index in [-0.39, 0.29) is 5.82 Å². The van der Waals surface area contributed by atoms with E-state index in [2.05, 4.69) is 21.2 Å². The van der Waals surface area contributed by atoms with E-state index in [1.54, 1.807) is 19.9 Å². The number of aryl methyl sites for hydroxylation is 1. The molecule has 0 saturated heterocycles. The van der Waals surface area contributed by atoms with E-state index < -0.39 is 5.60 Å². The Balaban J connectivity index is 2.64. The summed E-state index contributed by atoms with van der Waals surface area (Å²) in [5.74, 6) is -0.259. The Bertz CT molecular complexity index is 374. The number of anilines is 1. The number of aliphatic hydroxyl groups is 1. The van der Waals surface area contributed by atoms with E-state index in [0.717, 1.165) is 11.3 Å². The van der Waals surface area contributed by atoms with Crippen LogP contribution in [0.1, 0.15) is 25.8 Å². The van der Waals surface area contributed by atoms with Gasteiger partial charge in [-0.3, -0.25) is 0 Å². The average Bonchev–Trinajstić information content (AvgIpc) is 2.11. The van der Waals surface area contributed by atoms with E-state index in [0.29, 0.717) is 17.4 Å². The third-order valence-corrected chi connectivity index (χ3v) is 2.93. The molecule has 0 saturated carbocycles. The number of halogens is 2. The topological polar surface area (TPSA) is 32.3 Å². The van der Waals surface area contributed by atoms with Gasteiger partial charge in [-0.2, -0.15) is 0 Å². The van der Waals surface area contributed by atoms with Crippen molar-refractivity contribution < 1.29 is 9.50 Å². The summed E-state index contributed by atoms with van der Waals surface area (Å²) in [7, 11) is 0. The minimum absolute atomic E-state index is 0.259. The Labute approximate surface area is 104 Å². The van der Waals surface area contributed by atoms with Gasteiger partial charge in [0.15, 0.2) is 0 Å². The Hall–Kier alpha value is -0.610. The summed E-state index contributed by atoms with van der Waals surface area (Å²) in [6.07, 6.45) is 0.640. The summed E-state index contributed by atoms with van der Waals surface area (Å²) >= 11 is 3.15. The highest BCUT2D eigenvalue weighted by Gasteiger charge is 2.12. The standard InChI is InChI=1S/C12H17BrFNO/c1-8-6-10(14)9(13)7-11(8)15-5-4-12(2,3)16/h6-7,15-16H,4-5H2,1-3H3. The predicted octanol–water partition coefficient (Wildman–Crippen LogP) is 3.47. The molecule has 0 aliphatic heterocycles. The molecule has 0 radical (unpaired) electrons. The van der Waals surface area contributed by atoms with Gasteiger partial charge in [0, 0.05) is 12.2 Å². The highest BCUT2D eigenvalue weighted by molar-refractivity contribution is 9.10. The van der Waals surface area contributed by atoms with Crippen molar-refractivity contribution in [1.82, 2.24) is 0 Å². The van der Waals surface area contributed by atoms with Crippen molar-refractivity contribution in [2.75, 3.05) is 11.9 Å². The van der Waals surface area contributed by atoms with Crippen molar-refractivity contribution in [2.45, 2.75) is 32.8 Å². The molecular weight excluding hydrogens is 273 g/mol. The molecule has 0 amide bonds. The van der Waals surface area contributed by atoms with Crippen LogP contribution in [0.5, 0.6) is 0 Å². The fourth-order valence-electron chi connectivity index (χ4n) is 1.34. The molecule has 0 spiro atoms. The summed E-state index contributed by atoms with van der Waals surface area (Å²) in [6, 6.07) is 3.20. The maximum Gasteiger partial charge on any atom is 0.137 e. The van der Waals surface area contributed by atoms with Crippen LogP contribution >= 0.6 is 15.9 Å². The molecule has 2 N–H and O–H groups in total. The molecule has 2 nitrogen and oxygen atoms in total. The predicted molar refractivity (Wildman–Crippen MR) is 68.2 cm³/mol. The van der Waals surface area contributed by atoms with Crippen molar-refractivity contribution in [3.05, 3.63) is 28.0 Å². The Morgan fingerprint density at radius 2 is 2.06 bits per heavy atom. The zero-order chi connectivity index (χ0) is 12.3. The molecule has 0 bridgehead atoms. The van der Waals surface area contributed by atoms with E-state index in [1.807, 2.05) is 6.92 Å². The van der Waals surface area contributed by atoms with Crippen LogP contribution in [0, 0.1) is 12.7 Å². The quantitative estimate of drug-likeness (QED) is 0.890. The minimum atomic E-state index is -0.682. The lowest BCUT2D eigenvalue weighted by molar-refractivity contribution is 0.0749. The maximum absolute atomic E-state index is 13.2. The number of nitrogens with one attached hydrogen (secondary N) is 1. The van der Waals surface area contributed by atoms with Gasteiger partial charge in [-0.05, 0) is 60.8 Å². The Morgan fingerprint density at radius 3 is 2.62 bits per heavy atom. The van der Waals surface area contributed by atoms with Crippen molar-refractivity contribution in [2.24, 2.45) is 0 Å². The third-order valence-electron chi connectivity index (χ3n) is 2.32. The summed E-state index contributed by atoms with van der Waals surface area (Å²) in [5, 5.41) is 12.7. The van der Waals surface area contributed by atoms with Gasteiger partial charge in [-0.25, -0.2) is 4.39 Å². The number of benzene rings is 1. The number of hydrogen-bond acceptors (Lipinski definition) is 2. The zero-order valence-corrected chi connectivity index (χ0v) is 11.4. The first kappa shape index (κ1) is 13.5. The molecule has 16 heavy (non-hydrogen) atoms. The van der Waals surface area contributed by atoms with Crippen LogP contribution in [-0.2, 0) is 0 Å².